The Kier molecular flexibility index (Phi) is 6.23. The zero-order valence-corrected chi connectivity index (χ0v) is 16.4. The van der Waals surface area contributed by atoms with Gasteiger partial charge < -0.3 is 14.2 Å². The Hall–Kier alpha value is -3.68. The maximum atomic E-state index is 12.5. The van der Waals surface area contributed by atoms with E-state index in [1.165, 1.54) is 0 Å². The smallest absolute Gasteiger partial charge is 0.365 e. The highest BCUT2D eigenvalue weighted by Gasteiger charge is 2.17. The van der Waals surface area contributed by atoms with Gasteiger partial charge in [0.05, 0.1) is 20.8 Å². The first-order valence-electron chi connectivity index (χ1n) is 8.99. The first-order chi connectivity index (χ1) is 14.0. The fourth-order valence-corrected chi connectivity index (χ4v) is 2.74. The van der Waals surface area contributed by atoms with Crippen LogP contribution in [0.3, 0.4) is 0 Å². The number of carbonyl (C=O) groups excluding carboxylic acids is 1. The lowest BCUT2D eigenvalue weighted by Crippen LogP contribution is -2.30. The molecule has 29 heavy (non-hydrogen) atoms. The van der Waals surface area contributed by atoms with Crippen molar-refractivity contribution in [3.05, 3.63) is 59.0 Å². The van der Waals surface area contributed by atoms with Gasteiger partial charge in [0, 0.05) is 11.1 Å². The van der Waals surface area contributed by atoms with Crippen LogP contribution in [0.5, 0.6) is 11.5 Å². The molecule has 0 aliphatic rings. The molecule has 3 rings (SSSR count). The molecule has 0 atom stereocenters. The number of ether oxygens (including phenoxy) is 3. The minimum atomic E-state index is -0.638. The van der Waals surface area contributed by atoms with Crippen molar-refractivity contribution in [1.82, 2.24) is 14.8 Å². The summed E-state index contributed by atoms with van der Waals surface area (Å²) in [4.78, 5) is 28.5. The van der Waals surface area contributed by atoms with E-state index in [0.29, 0.717) is 28.5 Å². The topological polar surface area (TPSA) is 92.5 Å². The maximum Gasteiger partial charge on any atom is 0.365 e. The number of methoxy groups -OCH3 is 2. The highest BCUT2D eigenvalue weighted by molar-refractivity contribution is 5.78. The summed E-state index contributed by atoms with van der Waals surface area (Å²) in [6.45, 7) is 1.60. The summed E-state index contributed by atoms with van der Waals surface area (Å²) in [5.41, 5.74) is 1.65. The van der Waals surface area contributed by atoms with Crippen molar-refractivity contribution < 1.29 is 19.0 Å². The normalized spacial score (nSPS) is 10.4. The summed E-state index contributed by atoms with van der Waals surface area (Å²) in [6.07, 6.45) is 0. The van der Waals surface area contributed by atoms with Crippen LogP contribution in [-0.4, -0.2) is 41.6 Å². The van der Waals surface area contributed by atoms with Gasteiger partial charge in [-0.15, -0.1) is 0 Å². The van der Waals surface area contributed by atoms with Crippen LogP contribution in [0.2, 0.25) is 0 Å². The van der Waals surface area contributed by atoms with Crippen molar-refractivity contribution in [1.29, 1.82) is 0 Å². The Balaban J connectivity index is 2.13. The minimum Gasteiger partial charge on any atom is -0.497 e. The third-order valence-corrected chi connectivity index (χ3v) is 4.18. The molecule has 0 unspecified atom stereocenters. The van der Waals surface area contributed by atoms with Crippen LogP contribution in [0, 0.1) is 0 Å². The SMILES string of the molecule is CCOC(=O)Cn1nc(-c2ccc(OC)cc2)c(-c2ccc(OC)cc2)nc1=O. The average molecular weight is 395 g/mol. The molecule has 0 aliphatic carbocycles. The number of carbonyl (C=O) groups is 1. The molecular formula is C21H21N3O5. The van der Waals surface area contributed by atoms with Gasteiger partial charge in [-0.25, -0.2) is 9.48 Å². The Labute approximate surface area is 167 Å². The first kappa shape index (κ1) is 20.1. The molecule has 0 saturated heterocycles. The average Bonchev–Trinajstić information content (AvgIpc) is 2.75. The highest BCUT2D eigenvalue weighted by Crippen LogP contribution is 2.29. The Morgan fingerprint density at radius 3 is 1.90 bits per heavy atom. The number of benzene rings is 2. The summed E-state index contributed by atoms with van der Waals surface area (Å²) < 4.78 is 16.3. The van der Waals surface area contributed by atoms with Gasteiger partial charge in [0.25, 0.3) is 0 Å². The second-order valence-electron chi connectivity index (χ2n) is 6.01. The number of esters is 1. The summed E-state index contributed by atoms with van der Waals surface area (Å²) in [6, 6.07) is 14.4. The zero-order valence-electron chi connectivity index (χ0n) is 16.4. The molecule has 0 bridgehead atoms. The molecule has 2 aromatic carbocycles. The van der Waals surface area contributed by atoms with Crippen molar-refractivity contribution in [3.8, 4) is 34.0 Å². The van der Waals surface area contributed by atoms with Gasteiger partial charge in [0.15, 0.2) is 0 Å². The predicted molar refractivity (Wildman–Crippen MR) is 107 cm³/mol. The zero-order chi connectivity index (χ0) is 20.8. The monoisotopic (exact) mass is 395 g/mol. The fourth-order valence-electron chi connectivity index (χ4n) is 2.74. The molecule has 0 amide bonds. The number of hydrogen-bond acceptors (Lipinski definition) is 7. The van der Waals surface area contributed by atoms with Crippen LogP contribution in [0.4, 0.5) is 0 Å². The second kappa shape index (κ2) is 9.01. The molecule has 0 N–H and O–H groups in total. The van der Waals surface area contributed by atoms with E-state index >= 15 is 0 Å². The molecule has 1 aromatic heterocycles. The largest absolute Gasteiger partial charge is 0.497 e. The van der Waals surface area contributed by atoms with Gasteiger partial charge in [0.1, 0.15) is 29.4 Å². The maximum absolute atomic E-state index is 12.5. The summed E-state index contributed by atoms with van der Waals surface area (Å²) >= 11 is 0. The van der Waals surface area contributed by atoms with Crippen LogP contribution >= 0.6 is 0 Å². The lowest BCUT2D eigenvalue weighted by Gasteiger charge is -2.12. The summed E-state index contributed by atoms with van der Waals surface area (Å²) in [5, 5.41) is 4.41. The van der Waals surface area contributed by atoms with Crippen LogP contribution < -0.4 is 15.2 Å². The van der Waals surface area contributed by atoms with Gasteiger partial charge in [-0.05, 0) is 55.5 Å². The predicted octanol–water partition coefficient (Wildman–Crippen LogP) is 2.55. The summed E-state index contributed by atoms with van der Waals surface area (Å²) in [5.74, 6) is 0.817. The van der Waals surface area contributed by atoms with Gasteiger partial charge >= 0.3 is 11.7 Å². The van der Waals surface area contributed by atoms with Crippen molar-refractivity contribution in [2.45, 2.75) is 13.5 Å². The van der Waals surface area contributed by atoms with Crippen LogP contribution in [-0.2, 0) is 16.1 Å². The van der Waals surface area contributed by atoms with Crippen molar-refractivity contribution in [2.75, 3.05) is 20.8 Å². The van der Waals surface area contributed by atoms with Gasteiger partial charge in [-0.1, -0.05) is 0 Å². The molecule has 3 aromatic rings. The fraction of sp³-hybridized carbons (Fsp3) is 0.238. The highest BCUT2D eigenvalue weighted by atomic mass is 16.5. The van der Waals surface area contributed by atoms with Crippen LogP contribution in [0.1, 0.15) is 6.92 Å². The molecule has 1 heterocycles. The summed E-state index contributed by atoms with van der Waals surface area (Å²) in [7, 11) is 3.16. The third-order valence-electron chi connectivity index (χ3n) is 4.18. The van der Waals surface area contributed by atoms with Crippen molar-refractivity contribution in [2.24, 2.45) is 0 Å². The quantitative estimate of drug-likeness (QED) is 0.568. The van der Waals surface area contributed by atoms with E-state index in [0.717, 1.165) is 10.2 Å². The Morgan fingerprint density at radius 2 is 1.41 bits per heavy atom. The van der Waals surface area contributed by atoms with E-state index in [2.05, 4.69) is 10.1 Å². The van der Waals surface area contributed by atoms with Crippen molar-refractivity contribution >= 4 is 5.97 Å². The Bertz CT molecular complexity index is 1040. The molecular weight excluding hydrogens is 374 g/mol. The molecule has 150 valence electrons. The van der Waals surface area contributed by atoms with E-state index in [-0.39, 0.29) is 13.2 Å². The molecule has 8 heteroatoms. The number of hydrogen-bond donors (Lipinski definition) is 0. The molecule has 8 nitrogen and oxygen atoms in total. The molecule has 0 saturated carbocycles. The second-order valence-corrected chi connectivity index (χ2v) is 6.01. The van der Waals surface area contributed by atoms with Crippen LogP contribution in [0.25, 0.3) is 22.5 Å². The third kappa shape index (κ3) is 4.60. The van der Waals surface area contributed by atoms with E-state index in [4.69, 9.17) is 14.2 Å². The number of aromatic nitrogens is 3. The number of rotatable bonds is 7. The van der Waals surface area contributed by atoms with Gasteiger partial charge in [-0.3, -0.25) is 4.79 Å². The lowest BCUT2D eigenvalue weighted by molar-refractivity contribution is -0.144. The molecule has 0 fully saturated rings. The van der Waals surface area contributed by atoms with Gasteiger partial charge in [-0.2, -0.15) is 10.1 Å². The van der Waals surface area contributed by atoms with E-state index in [1.807, 2.05) is 12.1 Å². The van der Waals surface area contributed by atoms with Gasteiger partial charge in [0.2, 0.25) is 0 Å². The molecule has 0 spiro atoms. The molecule has 0 radical (unpaired) electrons. The van der Waals surface area contributed by atoms with E-state index < -0.39 is 11.7 Å². The van der Waals surface area contributed by atoms with E-state index in [9.17, 15) is 9.59 Å². The number of nitrogens with zero attached hydrogens (tertiary/aromatic N) is 3. The molecule has 0 aliphatic heterocycles. The van der Waals surface area contributed by atoms with Crippen molar-refractivity contribution in [3.63, 3.8) is 0 Å². The Morgan fingerprint density at radius 1 is 0.897 bits per heavy atom. The minimum absolute atomic E-state index is 0.219. The first-order valence-corrected chi connectivity index (χ1v) is 8.99. The standard InChI is InChI=1S/C21H21N3O5/c1-4-29-18(25)13-24-21(26)22-19(14-5-9-16(27-2)10-6-14)20(23-24)15-7-11-17(28-3)12-8-15/h5-12H,4,13H2,1-3H3. The van der Waals surface area contributed by atoms with Crippen LogP contribution in [0.15, 0.2) is 53.3 Å². The lowest BCUT2D eigenvalue weighted by atomic mass is 10.0. The van der Waals surface area contributed by atoms with E-state index in [1.54, 1.807) is 57.5 Å².